The third-order valence-electron chi connectivity index (χ3n) is 2.70. The molecule has 3 N–H and O–H groups in total. The first kappa shape index (κ1) is 16.0. The molecule has 0 saturated heterocycles. The van der Waals surface area contributed by atoms with E-state index in [1.807, 2.05) is 6.92 Å². The lowest BCUT2D eigenvalue weighted by Gasteiger charge is -2.12. The number of rotatable bonds is 6. The first-order chi connectivity index (χ1) is 9.36. The van der Waals surface area contributed by atoms with Gasteiger partial charge in [-0.3, -0.25) is 14.9 Å². The summed E-state index contributed by atoms with van der Waals surface area (Å²) in [6, 6.07) is 0.138. The van der Waals surface area contributed by atoms with Crippen molar-refractivity contribution < 1.29 is 18.5 Å². The van der Waals surface area contributed by atoms with Crippen molar-refractivity contribution in [3.8, 4) is 0 Å². The van der Waals surface area contributed by atoms with Crippen LogP contribution in [0.15, 0.2) is 12.1 Å². The zero-order valence-corrected chi connectivity index (χ0v) is 10.9. The standard InChI is InChI=1S/C12H15F2N3O3/c1-2-3-4-9(15)12(18)16-10-6-11(17(19)20)8(14)5-7(10)13/h5-6,9H,2-4,15H2,1H3,(H,16,18). The fraction of sp³-hybridized carbons (Fsp3) is 0.417. The largest absolute Gasteiger partial charge is 0.322 e. The molecule has 1 atom stereocenters. The van der Waals surface area contributed by atoms with Gasteiger partial charge in [-0.25, -0.2) is 4.39 Å². The number of anilines is 1. The number of benzene rings is 1. The smallest absolute Gasteiger partial charge is 0.307 e. The Hall–Kier alpha value is -2.09. The fourth-order valence-corrected chi connectivity index (χ4v) is 1.55. The minimum absolute atomic E-state index is 0.352. The normalized spacial score (nSPS) is 12.0. The van der Waals surface area contributed by atoms with E-state index in [1.54, 1.807) is 0 Å². The molecule has 20 heavy (non-hydrogen) atoms. The van der Waals surface area contributed by atoms with Crippen molar-refractivity contribution in [1.29, 1.82) is 0 Å². The second kappa shape index (κ2) is 6.90. The summed E-state index contributed by atoms with van der Waals surface area (Å²) in [5, 5.41) is 12.7. The molecule has 1 rings (SSSR count). The summed E-state index contributed by atoms with van der Waals surface area (Å²) in [6.45, 7) is 1.92. The summed E-state index contributed by atoms with van der Waals surface area (Å²) in [4.78, 5) is 21.2. The van der Waals surface area contributed by atoms with Gasteiger partial charge in [-0.1, -0.05) is 19.8 Å². The molecule has 1 aromatic rings. The molecular formula is C12H15F2N3O3. The summed E-state index contributed by atoms with van der Waals surface area (Å²) in [6.07, 6.45) is 1.98. The van der Waals surface area contributed by atoms with E-state index in [1.165, 1.54) is 0 Å². The number of nitrogens with two attached hydrogens (primary N) is 1. The van der Waals surface area contributed by atoms with Gasteiger partial charge in [-0.2, -0.15) is 4.39 Å². The molecule has 1 unspecified atom stereocenters. The lowest BCUT2D eigenvalue weighted by Crippen LogP contribution is -2.35. The van der Waals surface area contributed by atoms with E-state index in [4.69, 9.17) is 5.73 Å². The van der Waals surface area contributed by atoms with Gasteiger partial charge in [0.2, 0.25) is 11.7 Å². The number of nitro groups is 1. The van der Waals surface area contributed by atoms with E-state index < -0.39 is 39.9 Å². The Kier molecular flexibility index (Phi) is 5.51. The Morgan fingerprint density at radius 1 is 1.45 bits per heavy atom. The maximum Gasteiger partial charge on any atom is 0.307 e. The minimum atomic E-state index is -1.30. The predicted octanol–water partition coefficient (Wildman–Crippen LogP) is 2.33. The maximum absolute atomic E-state index is 13.5. The van der Waals surface area contributed by atoms with Gasteiger partial charge < -0.3 is 11.1 Å². The number of nitrogens with one attached hydrogen (secondary N) is 1. The SMILES string of the molecule is CCCCC(N)C(=O)Nc1cc([N+](=O)[O-])c(F)cc1F. The molecule has 0 aliphatic carbocycles. The molecule has 0 heterocycles. The number of carbonyl (C=O) groups is 1. The van der Waals surface area contributed by atoms with Crippen molar-refractivity contribution in [2.75, 3.05) is 5.32 Å². The number of hydrogen-bond donors (Lipinski definition) is 2. The van der Waals surface area contributed by atoms with Crippen LogP contribution in [0.2, 0.25) is 0 Å². The molecule has 110 valence electrons. The highest BCUT2D eigenvalue weighted by Crippen LogP contribution is 2.25. The van der Waals surface area contributed by atoms with E-state index in [-0.39, 0.29) is 0 Å². The Morgan fingerprint density at radius 2 is 2.10 bits per heavy atom. The highest BCUT2D eigenvalue weighted by atomic mass is 19.1. The number of nitro benzene ring substituents is 1. The number of amides is 1. The summed E-state index contributed by atoms with van der Waals surface area (Å²) in [5.74, 6) is -3.07. The van der Waals surface area contributed by atoms with Crippen LogP contribution in [-0.4, -0.2) is 16.9 Å². The molecule has 0 radical (unpaired) electrons. The zero-order valence-electron chi connectivity index (χ0n) is 10.9. The van der Waals surface area contributed by atoms with Crippen LogP contribution in [0.3, 0.4) is 0 Å². The summed E-state index contributed by atoms with van der Waals surface area (Å²) >= 11 is 0. The van der Waals surface area contributed by atoms with Crippen LogP contribution in [0.25, 0.3) is 0 Å². The van der Waals surface area contributed by atoms with Crippen LogP contribution in [0.1, 0.15) is 26.2 Å². The molecule has 8 heteroatoms. The fourth-order valence-electron chi connectivity index (χ4n) is 1.55. The summed E-state index contributed by atoms with van der Waals surface area (Å²) < 4.78 is 26.6. The van der Waals surface area contributed by atoms with Gasteiger partial charge in [0.1, 0.15) is 5.82 Å². The van der Waals surface area contributed by atoms with Gasteiger partial charge >= 0.3 is 5.69 Å². The van der Waals surface area contributed by atoms with E-state index in [9.17, 15) is 23.7 Å². The van der Waals surface area contributed by atoms with Gasteiger partial charge in [0, 0.05) is 12.1 Å². The van der Waals surface area contributed by atoms with Crippen LogP contribution in [0.5, 0.6) is 0 Å². The predicted molar refractivity (Wildman–Crippen MR) is 69.1 cm³/mol. The van der Waals surface area contributed by atoms with Gasteiger partial charge in [-0.15, -0.1) is 0 Å². The summed E-state index contributed by atoms with van der Waals surface area (Å²) in [7, 11) is 0. The van der Waals surface area contributed by atoms with E-state index >= 15 is 0 Å². The van der Waals surface area contributed by atoms with Gasteiger partial charge in [-0.05, 0) is 6.42 Å². The number of carbonyl (C=O) groups excluding carboxylic acids is 1. The second-order valence-electron chi connectivity index (χ2n) is 4.28. The van der Waals surface area contributed by atoms with Crippen LogP contribution in [-0.2, 0) is 4.79 Å². The van der Waals surface area contributed by atoms with Gasteiger partial charge in [0.15, 0.2) is 0 Å². The monoisotopic (exact) mass is 287 g/mol. The molecule has 1 amide bonds. The highest BCUT2D eigenvalue weighted by molar-refractivity contribution is 5.95. The quantitative estimate of drug-likeness (QED) is 0.619. The van der Waals surface area contributed by atoms with Gasteiger partial charge in [0.05, 0.1) is 16.7 Å². The van der Waals surface area contributed by atoms with E-state index in [2.05, 4.69) is 5.32 Å². The molecule has 6 nitrogen and oxygen atoms in total. The Morgan fingerprint density at radius 3 is 2.65 bits per heavy atom. The number of unbranched alkanes of at least 4 members (excludes halogenated alkanes) is 1. The minimum Gasteiger partial charge on any atom is -0.322 e. The van der Waals surface area contributed by atoms with Crippen LogP contribution >= 0.6 is 0 Å². The van der Waals surface area contributed by atoms with Crippen molar-refractivity contribution in [2.24, 2.45) is 5.73 Å². The van der Waals surface area contributed by atoms with E-state index in [0.717, 1.165) is 12.8 Å². The average Bonchev–Trinajstić information content (AvgIpc) is 2.38. The lowest BCUT2D eigenvalue weighted by atomic mass is 10.1. The number of nitrogens with zero attached hydrogens (tertiary/aromatic N) is 1. The van der Waals surface area contributed by atoms with E-state index in [0.29, 0.717) is 18.6 Å². The van der Waals surface area contributed by atoms with Crippen molar-refractivity contribution in [1.82, 2.24) is 0 Å². The van der Waals surface area contributed by atoms with Crippen LogP contribution in [0, 0.1) is 21.7 Å². The molecule has 0 aliphatic heterocycles. The molecule has 0 aliphatic rings. The molecular weight excluding hydrogens is 272 g/mol. The van der Waals surface area contributed by atoms with Gasteiger partial charge in [0.25, 0.3) is 0 Å². The van der Waals surface area contributed by atoms with Crippen LogP contribution < -0.4 is 11.1 Å². The third-order valence-corrected chi connectivity index (χ3v) is 2.70. The molecule has 0 bridgehead atoms. The Labute approximate surface area is 114 Å². The molecule has 0 fully saturated rings. The lowest BCUT2D eigenvalue weighted by molar-refractivity contribution is -0.387. The first-order valence-electron chi connectivity index (χ1n) is 6.06. The number of halogens is 2. The Balaban J connectivity index is 2.89. The zero-order chi connectivity index (χ0) is 15.3. The van der Waals surface area contributed by atoms with Crippen LogP contribution in [0.4, 0.5) is 20.2 Å². The summed E-state index contributed by atoms with van der Waals surface area (Å²) in [5.41, 5.74) is 4.21. The third kappa shape index (κ3) is 3.95. The first-order valence-corrected chi connectivity index (χ1v) is 6.06. The molecule has 0 saturated carbocycles. The van der Waals surface area contributed by atoms with Crippen molar-refractivity contribution in [3.63, 3.8) is 0 Å². The molecule has 0 spiro atoms. The van der Waals surface area contributed by atoms with Crippen molar-refractivity contribution in [2.45, 2.75) is 32.2 Å². The molecule has 1 aromatic carbocycles. The average molecular weight is 287 g/mol. The number of hydrogen-bond acceptors (Lipinski definition) is 4. The maximum atomic E-state index is 13.5. The Bertz CT molecular complexity index is 523. The second-order valence-corrected chi connectivity index (χ2v) is 4.28. The van der Waals surface area contributed by atoms with Crippen molar-refractivity contribution in [3.05, 3.63) is 33.9 Å². The highest BCUT2D eigenvalue weighted by Gasteiger charge is 2.21. The van der Waals surface area contributed by atoms with Crippen molar-refractivity contribution >= 4 is 17.3 Å². The topological polar surface area (TPSA) is 98.3 Å². The molecule has 0 aromatic heterocycles.